The van der Waals surface area contributed by atoms with Gasteiger partial charge in [-0.1, -0.05) is 26.8 Å². The van der Waals surface area contributed by atoms with Crippen molar-refractivity contribution in [2.75, 3.05) is 6.61 Å². The van der Waals surface area contributed by atoms with Gasteiger partial charge in [0.1, 0.15) is 10.3 Å². The zero-order valence-corrected chi connectivity index (χ0v) is 14.2. The summed E-state index contributed by atoms with van der Waals surface area (Å²) in [5, 5.41) is 0.109. The van der Waals surface area contributed by atoms with Crippen molar-refractivity contribution in [2.24, 2.45) is 0 Å². The Kier molecular flexibility index (Phi) is 4.86. The molecule has 0 unspecified atom stereocenters. The zero-order valence-electron chi connectivity index (χ0n) is 11.6. The second-order valence-electron chi connectivity index (χ2n) is 5.82. The Morgan fingerprint density at radius 3 is 2.50 bits per heavy atom. The second-order valence-corrected chi connectivity index (χ2v) is 11.4. The van der Waals surface area contributed by atoms with E-state index in [9.17, 15) is 4.79 Å². The van der Waals surface area contributed by atoms with Crippen molar-refractivity contribution in [3.63, 3.8) is 0 Å². The molecule has 18 heavy (non-hydrogen) atoms. The van der Waals surface area contributed by atoms with Gasteiger partial charge in [-0.25, -0.2) is 4.98 Å². The molecular weight excluding hydrogens is 310 g/mol. The molecule has 0 aliphatic heterocycles. The summed E-state index contributed by atoms with van der Waals surface area (Å²) in [4.78, 5) is 16.1. The minimum absolute atomic E-state index is 0.0684. The van der Waals surface area contributed by atoms with Crippen LogP contribution in [0.4, 0.5) is 0 Å². The van der Waals surface area contributed by atoms with Gasteiger partial charge in [-0.3, -0.25) is 4.79 Å². The molecule has 0 spiro atoms. The van der Waals surface area contributed by atoms with Crippen LogP contribution in [0.25, 0.3) is 0 Å². The Bertz CT molecular complexity index is 441. The van der Waals surface area contributed by atoms with Crippen molar-refractivity contribution in [3.8, 4) is 0 Å². The number of nitrogens with zero attached hydrogens (tertiary/aromatic N) is 1. The molecule has 0 fully saturated rings. The van der Waals surface area contributed by atoms with Crippen LogP contribution in [-0.2, 0) is 4.43 Å². The molecule has 0 aliphatic rings. The van der Waals surface area contributed by atoms with E-state index in [4.69, 9.17) is 4.43 Å². The van der Waals surface area contributed by atoms with Gasteiger partial charge in [0, 0.05) is 0 Å². The van der Waals surface area contributed by atoms with E-state index in [0.717, 1.165) is 0 Å². The van der Waals surface area contributed by atoms with Crippen LogP contribution >= 0.6 is 15.9 Å². The third-order valence-corrected chi connectivity index (χ3v) is 8.29. The maximum absolute atomic E-state index is 12.0. The van der Waals surface area contributed by atoms with Crippen molar-refractivity contribution >= 4 is 30.0 Å². The second kappa shape index (κ2) is 5.63. The van der Waals surface area contributed by atoms with Crippen LogP contribution in [-0.4, -0.2) is 25.7 Å². The van der Waals surface area contributed by atoms with Crippen molar-refractivity contribution in [3.05, 3.63) is 28.5 Å². The summed E-state index contributed by atoms with van der Waals surface area (Å²) < 4.78 is 6.55. The Morgan fingerprint density at radius 2 is 2.00 bits per heavy atom. The van der Waals surface area contributed by atoms with Crippen LogP contribution in [0.2, 0.25) is 18.1 Å². The first-order chi connectivity index (χ1) is 8.13. The van der Waals surface area contributed by atoms with Gasteiger partial charge < -0.3 is 4.43 Å². The smallest absolute Gasteiger partial charge is 0.205 e. The molecule has 5 heteroatoms. The van der Waals surface area contributed by atoms with E-state index in [1.165, 1.54) is 0 Å². The lowest BCUT2D eigenvalue weighted by atomic mass is 10.2. The molecule has 1 aromatic heterocycles. The van der Waals surface area contributed by atoms with E-state index in [2.05, 4.69) is 54.8 Å². The minimum atomic E-state index is -1.87. The number of carbonyl (C=O) groups is 1. The van der Waals surface area contributed by atoms with E-state index in [-0.39, 0.29) is 17.4 Å². The van der Waals surface area contributed by atoms with E-state index >= 15 is 0 Å². The largest absolute Gasteiger partial charge is 0.409 e. The van der Waals surface area contributed by atoms with Gasteiger partial charge in [0.2, 0.25) is 5.78 Å². The van der Waals surface area contributed by atoms with Crippen LogP contribution < -0.4 is 0 Å². The highest BCUT2D eigenvalue weighted by Crippen LogP contribution is 2.36. The lowest BCUT2D eigenvalue weighted by Crippen LogP contribution is -2.42. The molecule has 0 saturated carbocycles. The molecule has 0 amide bonds. The van der Waals surface area contributed by atoms with Gasteiger partial charge in [0.15, 0.2) is 8.32 Å². The molecule has 0 bridgehead atoms. The zero-order chi connectivity index (χ0) is 14.0. The first-order valence-corrected chi connectivity index (χ1v) is 9.63. The molecule has 3 nitrogen and oxygen atoms in total. The maximum atomic E-state index is 12.0. The molecule has 100 valence electrons. The van der Waals surface area contributed by atoms with Crippen LogP contribution in [0, 0.1) is 0 Å². The van der Waals surface area contributed by atoms with Crippen molar-refractivity contribution in [2.45, 2.75) is 38.9 Å². The molecule has 1 rings (SSSR count). The van der Waals surface area contributed by atoms with E-state index in [1.807, 2.05) is 0 Å². The molecule has 1 heterocycles. The first-order valence-electron chi connectivity index (χ1n) is 5.93. The van der Waals surface area contributed by atoms with Crippen LogP contribution in [0.1, 0.15) is 31.3 Å². The molecule has 0 radical (unpaired) electrons. The third-order valence-electron chi connectivity index (χ3n) is 3.37. The van der Waals surface area contributed by atoms with Crippen molar-refractivity contribution in [1.29, 1.82) is 0 Å². The molecule has 1 aromatic rings. The minimum Gasteiger partial charge on any atom is -0.409 e. The van der Waals surface area contributed by atoms with E-state index in [1.54, 1.807) is 18.2 Å². The SMILES string of the molecule is CC(C)(C)[Si](C)(C)OCC(=O)c1cccc(Br)n1. The molecule has 0 saturated heterocycles. The number of halogens is 1. The number of pyridine rings is 1. The molecule has 0 aliphatic carbocycles. The molecular formula is C13H20BrNO2Si. The Balaban J connectivity index is 2.68. The lowest BCUT2D eigenvalue weighted by Gasteiger charge is -2.35. The molecule has 0 atom stereocenters. The number of Topliss-reactive ketones (excluding diaryl/α,β-unsaturated/α-hetero) is 1. The van der Waals surface area contributed by atoms with Crippen molar-refractivity contribution in [1.82, 2.24) is 4.98 Å². The fraction of sp³-hybridized carbons (Fsp3) is 0.538. The lowest BCUT2D eigenvalue weighted by molar-refractivity contribution is 0.0906. The standard InChI is InChI=1S/C13H20BrNO2Si/c1-13(2,3)18(4,5)17-9-11(16)10-7-6-8-12(14)15-10/h6-8H,9H2,1-5H3. The third kappa shape index (κ3) is 4.00. The number of hydrogen-bond donors (Lipinski definition) is 0. The van der Waals surface area contributed by atoms with E-state index in [0.29, 0.717) is 10.3 Å². The maximum Gasteiger partial charge on any atom is 0.205 e. The Labute approximate surface area is 118 Å². The number of aromatic nitrogens is 1. The fourth-order valence-electron chi connectivity index (χ4n) is 1.10. The highest BCUT2D eigenvalue weighted by Gasteiger charge is 2.37. The summed E-state index contributed by atoms with van der Waals surface area (Å²) in [6.45, 7) is 10.8. The predicted molar refractivity (Wildman–Crippen MR) is 79.4 cm³/mol. The van der Waals surface area contributed by atoms with Gasteiger partial charge in [-0.05, 0) is 46.2 Å². The Morgan fingerprint density at radius 1 is 1.39 bits per heavy atom. The van der Waals surface area contributed by atoms with Gasteiger partial charge >= 0.3 is 0 Å². The summed E-state index contributed by atoms with van der Waals surface area (Å²) in [7, 11) is -1.87. The summed E-state index contributed by atoms with van der Waals surface area (Å²) >= 11 is 3.26. The number of carbonyl (C=O) groups excluding carboxylic acids is 1. The topological polar surface area (TPSA) is 39.2 Å². The van der Waals surface area contributed by atoms with Gasteiger partial charge in [0.25, 0.3) is 0 Å². The molecule has 0 aromatic carbocycles. The van der Waals surface area contributed by atoms with Crippen LogP contribution in [0.5, 0.6) is 0 Å². The first kappa shape index (κ1) is 15.5. The monoisotopic (exact) mass is 329 g/mol. The average Bonchev–Trinajstić information content (AvgIpc) is 2.24. The van der Waals surface area contributed by atoms with Gasteiger partial charge in [0.05, 0.1) is 6.61 Å². The number of ketones is 1. The summed E-state index contributed by atoms with van der Waals surface area (Å²) in [5.41, 5.74) is 0.447. The number of hydrogen-bond acceptors (Lipinski definition) is 3. The van der Waals surface area contributed by atoms with Gasteiger partial charge in [-0.15, -0.1) is 0 Å². The van der Waals surface area contributed by atoms with Gasteiger partial charge in [-0.2, -0.15) is 0 Å². The fourth-order valence-corrected chi connectivity index (χ4v) is 2.37. The summed E-state index contributed by atoms with van der Waals surface area (Å²) in [6.07, 6.45) is 0. The normalized spacial score (nSPS) is 12.6. The van der Waals surface area contributed by atoms with Crippen molar-refractivity contribution < 1.29 is 9.22 Å². The number of rotatable bonds is 4. The average molecular weight is 330 g/mol. The predicted octanol–water partition coefficient (Wildman–Crippen LogP) is 4.05. The molecule has 0 N–H and O–H groups in total. The Hall–Kier alpha value is -0.523. The highest BCUT2D eigenvalue weighted by atomic mass is 79.9. The summed E-state index contributed by atoms with van der Waals surface area (Å²) in [5.74, 6) is -0.0684. The highest BCUT2D eigenvalue weighted by molar-refractivity contribution is 9.10. The van der Waals surface area contributed by atoms with Crippen LogP contribution in [0.15, 0.2) is 22.8 Å². The van der Waals surface area contributed by atoms with E-state index < -0.39 is 8.32 Å². The van der Waals surface area contributed by atoms with Crippen LogP contribution in [0.3, 0.4) is 0 Å². The summed E-state index contributed by atoms with van der Waals surface area (Å²) in [6, 6.07) is 5.31. The quantitative estimate of drug-likeness (QED) is 0.475.